The van der Waals surface area contributed by atoms with Gasteiger partial charge in [-0.2, -0.15) is 0 Å². The van der Waals surface area contributed by atoms with Gasteiger partial charge in [0.1, 0.15) is 0 Å². The van der Waals surface area contributed by atoms with Gasteiger partial charge in [0.15, 0.2) is 0 Å². The zero-order chi connectivity index (χ0) is 14.8. The van der Waals surface area contributed by atoms with Gasteiger partial charge in [0.25, 0.3) is 0 Å². The van der Waals surface area contributed by atoms with Crippen molar-refractivity contribution in [3.63, 3.8) is 0 Å². The van der Waals surface area contributed by atoms with Gasteiger partial charge in [-0.05, 0) is 56.1 Å². The van der Waals surface area contributed by atoms with Crippen LogP contribution in [0.15, 0.2) is 6.07 Å². The molecule has 2 N–H and O–H groups in total. The first-order chi connectivity index (χ1) is 9.44. The highest BCUT2D eigenvalue weighted by Gasteiger charge is 2.33. The molecule has 114 valence electrons. The normalized spacial score (nSPS) is 20.9. The van der Waals surface area contributed by atoms with Crippen molar-refractivity contribution >= 4 is 0 Å². The van der Waals surface area contributed by atoms with Crippen LogP contribution in [0.1, 0.15) is 62.5 Å². The van der Waals surface area contributed by atoms with E-state index in [1.165, 1.54) is 29.8 Å². The van der Waals surface area contributed by atoms with Crippen molar-refractivity contribution in [3.8, 4) is 0 Å². The Labute approximate surface area is 123 Å². The van der Waals surface area contributed by atoms with Crippen LogP contribution < -0.4 is 5.73 Å². The molecule has 2 rings (SSSR count). The second-order valence-electron chi connectivity index (χ2n) is 7.04. The highest BCUT2D eigenvalue weighted by Crippen LogP contribution is 2.40. The lowest BCUT2D eigenvalue weighted by molar-refractivity contribution is 0.191. The number of aryl methyl sites for hydroxylation is 1. The molecule has 1 heterocycles. The summed E-state index contributed by atoms with van der Waals surface area (Å²) in [6.45, 7) is 8.88. The van der Waals surface area contributed by atoms with Gasteiger partial charge in [0.2, 0.25) is 0 Å². The van der Waals surface area contributed by atoms with E-state index in [1.54, 1.807) is 7.11 Å². The molecule has 0 amide bonds. The summed E-state index contributed by atoms with van der Waals surface area (Å²) in [6.07, 6.45) is 5.86. The van der Waals surface area contributed by atoms with Crippen molar-refractivity contribution in [2.24, 2.45) is 11.1 Å². The fourth-order valence-corrected chi connectivity index (χ4v) is 3.51. The topological polar surface area (TPSA) is 40.2 Å². The number of hydrogen-bond acceptors (Lipinski definition) is 2. The molecule has 0 aliphatic heterocycles. The molecule has 3 nitrogen and oxygen atoms in total. The van der Waals surface area contributed by atoms with Crippen LogP contribution in [0, 0.1) is 12.3 Å². The zero-order valence-electron chi connectivity index (χ0n) is 13.5. The second-order valence-corrected chi connectivity index (χ2v) is 7.04. The van der Waals surface area contributed by atoms with Crippen molar-refractivity contribution in [3.05, 3.63) is 23.0 Å². The van der Waals surface area contributed by atoms with Gasteiger partial charge in [-0.15, -0.1) is 0 Å². The van der Waals surface area contributed by atoms with Crippen molar-refractivity contribution in [2.75, 3.05) is 13.7 Å². The first-order valence-corrected chi connectivity index (χ1v) is 7.88. The molecule has 1 unspecified atom stereocenters. The number of rotatable bonds is 6. The monoisotopic (exact) mass is 278 g/mol. The number of unbranched alkanes of at least 4 members (excludes halogenated alkanes) is 2. The molecule has 0 fully saturated rings. The molecule has 0 spiro atoms. The highest BCUT2D eigenvalue weighted by atomic mass is 16.5. The standard InChI is InChI=1S/C17H30N2O/c1-13-10-14-15(18)11-17(2,3)12-16(14)19(13)8-6-5-7-9-20-4/h10,15H,5-9,11-12,18H2,1-4H3. The van der Waals surface area contributed by atoms with Gasteiger partial charge in [0, 0.05) is 37.7 Å². The first kappa shape index (κ1) is 15.6. The van der Waals surface area contributed by atoms with E-state index in [4.69, 9.17) is 10.5 Å². The summed E-state index contributed by atoms with van der Waals surface area (Å²) in [5, 5.41) is 0. The maximum atomic E-state index is 6.37. The van der Waals surface area contributed by atoms with Crippen LogP contribution in [0.4, 0.5) is 0 Å². The smallest absolute Gasteiger partial charge is 0.0462 e. The molecule has 0 aromatic carbocycles. The van der Waals surface area contributed by atoms with Gasteiger partial charge in [-0.1, -0.05) is 13.8 Å². The lowest BCUT2D eigenvalue weighted by atomic mass is 9.74. The number of aromatic nitrogens is 1. The zero-order valence-corrected chi connectivity index (χ0v) is 13.5. The fourth-order valence-electron chi connectivity index (χ4n) is 3.51. The summed E-state index contributed by atoms with van der Waals surface area (Å²) >= 11 is 0. The third-order valence-corrected chi connectivity index (χ3v) is 4.50. The predicted octanol–water partition coefficient (Wildman–Crippen LogP) is 3.59. The molecule has 0 radical (unpaired) electrons. The van der Waals surface area contributed by atoms with Crippen molar-refractivity contribution < 1.29 is 4.74 Å². The number of methoxy groups -OCH3 is 1. The Kier molecular flexibility index (Phi) is 4.92. The quantitative estimate of drug-likeness (QED) is 0.808. The van der Waals surface area contributed by atoms with E-state index >= 15 is 0 Å². The van der Waals surface area contributed by atoms with Crippen molar-refractivity contribution in [1.82, 2.24) is 4.57 Å². The minimum atomic E-state index is 0.210. The average Bonchev–Trinajstić information content (AvgIpc) is 2.65. The Morgan fingerprint density at radius 3 is 2.80 bits per heavy atom. The van der Waals surface area contributed by atoms with E-state index in [0.29, 0.717) is 5.41 Å². The van der Waals surface area contributed by atoms with Gasteiger partial charge in [-0.3, -0.25) is 0 Å². The summed E-state index contributed by atoms with van der Waals surface area (Å²) < 4.78 is 7.61. The van der Waals surface area contributed by atoms with Crippen LogP contribution in [-0.4, -0.2) is 18.3 Å². The number of nitrogens with two attached hydrogens (primary N) is 1. The summed E-state index contributed by atoms with van der Waals surface area (Å²) in [7, 11) is 1.77. The van der Waals surface area contributed by atoms with Gasteiger partial charge in [-0.25, -0.2) is 0 Å². The molecule has 0 saturated heterocycles. The summed E-state index contributed by atoms with van der Waals surface area (Å²) in [5.74, 6) is 0. The lowest BCUT2D eigenvalue weighted by Gasteiger charge is -2.34. The van der Waals surface area contributed by atoms with Gasteiger partial charge >= 0.3 is 0 Å². The van der Waals surface area contributed by atoms with E-state index < -0.39 is 0 Å². The minimum Gasteiger partial charge on any atom is -0.385 e. The highest BCUT2D eigenvalue weighted by molar-refractivity contribution is 5.34. The summed E-state index contributed by atoms with van der Waals surface area (Å²) in [5.41, 5.74) is 10.9. The minimum absolute atomic E-state index is 0.210. The lowest BCUT2D eigenvalue weighted by Crippen LogP contribution is -2.30. The number of fused-ring (bicyclic) bond motifs is 1. The Balaban J connectivity index is 2.07. The molecule has 1 atom stereocenters. The molecule has 0 saturated carbocycles. The van der Waals surface area contributed by atoms with E-state index in [1.807, 2.05) is 0 Å². The molecule has 1 aromatic rings. The molecule has 1 aliphatic rings. The predicted molar refractivity (Wildman–Crippen MR) is 83.9 cm³/mol. The molecular weight excluding hydrogens is 248 g/mol. The Morgan fingerprint density at radius 1 is 1.35 bits per heavy atom. The van der Waals surface area contributed by atoms with Crippen LogP contribution in [-0.2, 0) is 17.7 Å². The van der Waals surface area contributed by atoms with Crippen LogP contribution in [0.2, 0.25) is 0 Å². The number of ether oxygens (including phenoxy) is 1. The van der Waals surface area contributed by atoms with Crippen LogP contribution in [0.25, 0.3) is 0 Å². The maximum absolute atomic E-state index is 6.37. The third kappa shape index (κ3) is 3.44. The number of nitrogens with zero attached hydrogens (tertiary/aromatic N) is 1. The molecule has 3 heteroatoms. The van der Waals surface area contributed by atoms with E-state index in [9.17, 15) is 0 Å². The fraction of sp³-hybridized carbons (Fsp3) is 0.765. The maximum Gasteiger partial charge on any atom is 0.0462 e. The summed E-state index contributed by atoms with van der Waals surface area (Å²) in [4.78, 5) is 0. The SMILES string of the molecule is COCCCCCn1c(C)cc2c1CC(C)(C)CC2N. The number of hydrogen-bond donors (Lipinski definition) is 1. The van der Waals surface area contributed by atoms with E-state index in [-0.39, 0.29) is 6.04 Å². The second kappa shape index (κ2) is 6.31. The molecular formula is C17H30N2O. The van der Waals surface area contributed by atoms with Crippen molar-refractivity contribution in [2.45, 2.75) is 65.5 Å². The van der Waals surface area contributed by atoms with E-state index in [0.717, 1.165) is 32.4 Å². The van der Waals surface area contributed by atoms with E-state index in [2.05, 4.69) is 31.4 Å². The van der Waals surface area contributed by atoms with Crippen molar-refractivity contribution in [1.29, 1.82) is 0 Å². The van der Waals surface area contributed by atoms with Crippen LogP contribution >= 0.6 is 0 Å². The largest absolute Gasteiger partial charge is 0.385 e. The van der Waals surface area contributed by atoms with Crippen LogP contribution in [0.5, 0.6) is 0 Å². The molecule has 1 aliphatic carbocycles. The Morgan fingerprint density at radius 2 is 2.10 bits per heavy atom. The third-order valence-electron chi connectivity index (χ3n) is 4.50. The van der Waals surface area contributed by atoms with Gasteiger partial charge < -0.3 is 15.0 Å². The summed E-state index contributed by atoms with van der Waals surface area (Å²) in [6, 6.07) is 2.52. The Bertz CT molecular complexity index is 448. The van der Waals surface area contributed by atoms with Gasteiger partial charge in [0.05, 0.1) is 0 Å². The molecule has 20 heavy (non-hydrogen) atoms. The Hall–Kier alpha value is -0.800. The molecule has 0 bridgehead atoms. The van der Waals surface area contributed by atoms with Crippen LogP contribution in [0.3, 0.4) is 0 Å². The first-order valence-electron chi connectivity index (χ1n) is 7.88. The molecule has 1 aromatic heterocycles. The average molecular weight is 278 g/mol.